The van der Waals surface area contributed by atoms with Crippen molar-refractivity contribution in [3.63, 3.8) is 0 Å². The van der Waals surface area contributed by atoms with E-state index in [0.29, 0.717) is 27.7 Å². The van der Waals surface area contributed by atoms with Crippen molar-refractivity contribution in [3.05, 3.63) is 64.8 Å². The normalized spacial score (nSPS) is 11.3. The van der Waals surface area contributed by atoms with Crippen molar-refractivity contribution in [3.8, 4) is 5.75 Å². The number of para-hydroxylation sites is 1. The molecule has 0 saturated carbocycles. The van der Waals surface area contributed by atoms with Gasteiger partial charge in [-0.2, -0.15) is 0 Å². The van der Waals surface area contributed by atoms with Gasteiger partial charge in [0.2, 0.25) is 5.43 Å². The van der Waals surface area contributed by atoms with Crippen molar-refractivity contribution >= 4 is 32.7 Å². The van der Waals surface area contributed by atoms with E-state index in [1.54, 1.807) is 25.3 Å². The zero-order chi connectivity index (χ0) is 14.4. The number of rotatable bonds is 1. The van der Waals surface area contributed by atoms with Gasteiger partial charge in [0.15, 0.2) is 11.3 Å². The quantitative estimate of drug-likeness (QED) is 0.388. The van der Waals surface area contributed by atoms with Crippen molar-refractivity contribution in [1.29, 1.82) is 0 Å². The van der Waals surface area contributed by atoms with Crippen LogP contribution in [0.25, 0.3) is 32.7 Å². The summed E-state index contributed by atoms with van der Waals surface area (Å²) < 4.78 is 11.3. The lowest BCUT2D eigenvalue weighted by atomic mass is 10.1. The van der Waals surface area contributed by atoms with Crippen LogP contribution in [0.1, 0.15) is 0 Å². The van der Waals surface area contributed by atoms with E-state index in [9.17, 15) is 4.79 Å². The molecule has 3 aromatic carbocycles. The molecule has 3 heteroatoms. The Balaban J connectivity index is 2.32. The molecule has 0 radical (unpaired) electrons. The van der Waals surface area contributed by atoms with Gasteiger partial charge in [-0.1, -0.05) is 36.4 Å². The molecule has 102 valence electrons. The zero-order valence-electron chi connectivity index (χ0n) is 11.4. The van der Waals surface area contributed by atoms with Gasteiger partial charge in [0, 0.05) is 5.39 Å². The molecule has 0 saturated heterocycles. The van der Waals surface area contributed by atoms with Crippen LogP contribution < -0.4 is 10.2 Å². The maximum Gasteiger partial charge on any atom is 0.200 e. The molecule has 0 aliphatic carbocycles. The predicted octanol–water partition coefficient (Wildman–Crippen LogP) is 4.11. The Morgan fingerprint density at radius 3 is 2.43 bits per heavy atom. The summed E-state index contributed by atoms with van der Waals surface area (Å²) in [7, 11) is 1.57. The van der Waals surface area contributed by atoms with Crippen molar-refractivity contribution in [1.82, 2.24) is 0 Å². The Bertz CT molecular complexity index is 1040. The van der Waals surface area contributed by atoms with Gasteiger partial charge in [-0.05, 0) is 23.6 Å². The third kappa shape index (κ3) is 1.64. The first kappa shape index (κ1) is 12.0. The highest BCUT2D eigenvalue weighted by molar-refractivity contribution is 6.06. The molecule has 4 rings (SSSR count). The topological polar surface area (TPSA) is 39.4 Å². The summed E-state index contributed by atoms with van der Waals surface area (Å²) in [5.74, 6) is 0.569. The fourth-order valence-electron chi connectivity index (χ4n) is 2.74. The van der Waals surface area contributed by atoms with Crippen molar-refractivity contribution in [2.24, 2.45) is 0 Å². The largest absolute Gasteiger partial charge is 0.493 e. The summed E-state index contributed by atoms with van der Waals surface area (Å²) in [6.07, 6.45) is 0. The molecule has 0 aliphatic rings. The van der Waals surface area contributed by atoms with Crippen LogP contribution >= 0.6 is 0 Å². The van der Waals surface area contributed by atoms with E-state index >= 15 is 0 Å². The van der Waals surface area contributed by atoms with Crippen LogP contribution in [0.5, 0.6) is 5.75 Å². The molecule has 0 bridgehead atoms. The van der Waals surface area contributed by atoms with E-state index in [0.717, 1.165) is 10.8 Å². The maximum absolute atomic E-state index is 12.7. The van der Waals surface area contributed by atoms with Gasteiger partial charge in [-0.25, -0.2) is 0 Å². The molecule has 0 fully saturated rings. The lowest BCUT2D eigenvalue weighted by Gasteiger charge is -2.07. The molecule has 0 aliphatic heterocycles. The number of hydrogen-bond acceptors (Lipinski definition) is 3. The SMILES string of the molecule is COc1cccc2c(=O)c3ccc4ccccc4c3oc12. The lowest BCUT2D eigenvalue weighted by molar-refractivity contribution is 0.411. The molecule has 21 heavy (non-hydrogen) atoms. The molecule has 1 heterocycles. The summed E-state index contributed by atoms with van der Waals surface area (Å²) in [6.45, 7) is 0. The van der Waals surface area contributed by atoms with Crippen LogP contribution in [0.3, 0.4) is 0 Å². The van der Waals surface area contributed by atoms with Crippen molar-refractivity contribution < 1.29 is 9.15 Å². The average Bonchev–Trinajstić information content (AvgIpc) is 2.54. The first-order valence-corrected chi connectivity index (χ1v) is 6.71. The van der Waals surface area contributed by atoms with Crippen LogP contribution in [-0.4, -0.2) is 7.11 Å². The Morgan fingerprint density at radius 1 is 0.810 bits per heavy atom. The Hall–Kier alpha value is -2.81. The highest BCUT2D eigenvalue weighted by Gasteiger charge is 2.13. The summed E-state index contributed by atoms with van der Waals surface area (Å²) in [6, 6.07) is 17.0. The molecule has 3 nitrogen and oxygen atoms in total. The highest BCUT2D eigenvalue weighted by Crippen LogP contribution is 2.30. The molecule has 0 N–H and O–H groups in total. The highest BCUT2D eigenvalue weighted by atomic mass is 16.5. The van der Waals surface area contributed by atoms with Gasteiger partial charge in [0.05, 0.1) is 17.9 Å². The first-order chi connectivity index (χ1) is 10.3. The summed E-state index contributed by atoms with van der Waals surface area (Å²) in [5.41, 5.74) is 1.07. The van der Waals surface area contributed by atoms with E-state index in [2.05, 4.69) is 0 Å². The van der Waals surface area contributed by atoms with Gasteiger partial charge < -0.3 is 9.15 Å². The molecular weight excluding hydrogens is 264 g/mol. The molecule has 4 aromatic rings. The second-order valence-electron chi connectivity index (χ2n) is 4.93. The second-order valence-corrected chi connectivity index (χ2v) is 4.93. The van der Waals surface area contributed by atoms with Crippen LogP contribution in [-0.2, 0) is 0 Å². The Labute approximate surface area is 120 Å². The van der Waals surface area contributed by atoms with E-state index < -0.39 is 0 Å². The molecule has 1 aromatic heterocycles. The van der Waals surface area contributed by atoms with Gasteiger partial charge in [0.1, 0.15) is 5.58 Å². The molecule has 0 unspecified atom stereocenters. The smallest absolute Gasteiger partial charge is 0.200 e. The van der Waals surface area contributed by atoms with Gasteiger partial charge in [-0.3, -0.25) is 4.79 Å². The number of ether oxygens (including phenoxy) is 1. The molecule has 0 atom stereocenters. The number of methoxy groups -OCH3 is 1. The standard InChI is InChI=1S/C18H12O3/c1-20-15-8-4-7-13-16(19)14-10-9-11-5-2-3-6-12(11)17(14)21-18(13)15/h2-10H,1H3. The monoisotopic (exact) mass is 276 g/mol. The van der Waals surface area contributed by atoms with Crippen LogP contribution in [0.4, 0.5) is 0 Å². The summed E-state index contributed by atoms with van der Waals surface area (Å²) in [4.78, 5) is 12.7. The Kier molecular flexibility index (Phi) is 2.48. The number of hydrogen-bond donors (Lipinski definition) is 0. The number of benzene rings is 3. The minimum atomic E-state index is -0.0316. The van der Waals surface area contributed by atoms with Crippen LogP contribution in [0.15, 0.2) is 63.8 Å². The van der Waals surface area contributed by atoms with Gasteiger partial charge in [0.25, 0.3) is 0 Å². The summed E-state index contributed by atoms with van der Waals surface area (Å²) >= 11 is 0. The summed E-state index contributed by atoms with van der Waals surface area (Å²) in [5, 5.41) is 3.11. The van der Waals surface area contributed by atoms with Crippen molar-refractivity contribution in [2.45, 2.75) is 0 Å². The molecular formula is C18H12O3. The molecule has 0 amide bonds. The van der Waals surface area contributed by atoms with E-state index in [-0.39, 0.29) is 5.43 Å². The third-order valence-electron chi connectivity index (χ3n) is 3.77. The Morgan fingerprint density at radius 2 is 1.57 bits per heavy atom. The zero-order valence-corrected chi connectivity index (χ0v) is 11.4. The van der Waals surface area contributed by atoms with E-state index in [1.807, 2.05) is 36.4 Å². The van der Waals surface area contributed by atoms with Crippen LogP contribution in [0.2, 0.25) is 0 Å². The lowest BCUT2D eigenvalue weighted by Crippen LogP contribution is -2.03. The fraction of sp³-hybridized carbons (Fsp3) is 0.0556. The number of fused-ring (bicyclic) bond motifs is 4. The average molecular weight is 276 g/mol. The van der Waals surface area contributed by atoms with Crippen LogP contribution in [0, 0.1) is 0 Å². The van der Waals surface area contributed by atoms with Gasteiger partial charge >= 0.3 is 0 Å². The third-order valence-corrected chi connectivity index (χ3v) is 3.77. The van der Waals surface area contributed by atoms with E-state index in [4.69, 9.17) is 9.15 Å². The minimum absolute atomic E-state index is 0.0316. The van der Waals surface area contributed by atoms with E-state index in [1.165, 1.54) is 0 Å². The van der Waals surface area contributed by atoms with Gasteiger partial charge in [-0.15, -0.1) is 0 Å². The second kappa shape index (κ2) is 4.35. The maximum atomic E-state index is 12.7. The predicted molar refractivity (Wildman–Crippen MR) is 84.0 cm³/mol. The first-order valence-electron chi connectivity index (χ1n) is 6.71. The fourth-order valence-corrected chi connectivity index (χ4v) is 2.74. The van der Waals surface area contributed by atoms with Crippen molar-refractivity contribution in [2.75, 3.05) is 7.11 Å². The minimum Gasteiger partial charge on any atom is -0.493 e. The molecule has 0 spiro atoms.